The summed E-state index contributed by atoms with van der Waals surface area (Å²) in [6, 6.07) is 12.8. The number of likely N-dealkylation sites (tertiary alicyclic amines) is 1. The molecule has 37 heavy (non-hydrogen) atoms. The molecule has 0 radical (unpaired) electrons. The first-order valence-corrected chi connectivity index (χ1v) is 12.9. The lowest BCUT2D eigenvalue weighted by molar-refractivity contribution is -0.187. The Balaban J connectivity index is 1.52. The summed E-state index contributed by atoms with van der Waals surface area (Å²) in [6.45, 7) is 3.99. The molecule has 0 bridgehead atoms. The second kappa shape index (κ2) is 12.0. The zero-order valence-corrected chi connectivity index (χ0v) is 21.4. The van der Waals surface area contributed by atoms with E-state index in [0.29, 0.717) is 48.0 Å². The fraction of sp³-hybridized carbons (Fsp3) is 0.393. The summed E-state index contributed by atoms with van der Waals surface area (Å²) in [5.41, 5.74) is 21.9. The van der Waals surface area contributed by atoms with E-state index < -0.39 is 0 Å². The second-order valence-electron chi connectivity index (χ2n) is 9.63. The molecule has 1 fully saturated rings. The zero-order valence-electron chi connectivity index (χ0n) is 21.4. The SMILES string of the molecule is CCCN(OCc1ccc(N)cc1)C(=O)C1=Cc2ccc(C(=O)N3CCCC(N)CC3)cc2N=C(N)C1. The summed E-state index contributed by atoms with van der Waals surface area (Å²) in [5, 5.41) is 1.38. The monoisotopic (exact) mass is 504 g/mol. The molecule has 4 rings (SSSR count). The van der Waals surface area contributed by atoms with Crippen LogP contribution in [0.2, 0.25) is 0 Å². The summed E-state index contributed by atoms with van der Waals surface area (Å²) in [6.07, 6.45) is 5.32. The van der Waals surface area contributed by atoms with Gasteiger partial charge in [0.2, 0.25) is 0 Å². The molecule has 2 aromatic carbocycles. The lowest BCUT2D eigenvalue weighted by atomic mass is 10.0. The average Bonchev–Trinajstić information content (AvgIpc) is 3.21. The maximum absolute atomic E-state index is 13.4. The quantitative estimate of drug-likeness (QED) is 0.390. The van der Waals surface area contributed by atoms with E-state index in [1.54, 1.807) is 30.3 Å². The number of benzene rings is 2. The Kier molecular flexibility index (Phi) is 8.58. The van der Waals surface area contributed by atoms with Gasteiger partial charge in [-0.15, -0.1) is 0 Å². The van der Waals surface area contributed by atoms with Crippen LogP contribution >= 0.6 is 0 Å². The molecule has 0 saturated carbocycles. The topological polar surface area (TPSA) is 140 Å². The lowest BCUT2D eigenvalue weighted by Crippen LogP contribution is -2.34. The second-order valence-corrected chi connectivity index (χ2v) is 9.63. The first-order chi connectivity index (χ1) is 17.8. The van der Waals surface area contributed by atoms with Gasteiger partial charge in [-0.25, -0.2) is 10.1 Å². The lowest BCUT2D eigenvalue weighted by Gasteiger charge is -2.22. The van der Waals surface area contributed by atoms with E-state index in [0.717, 1.165) is 36.8 Å². The van der Waals surface area contributed by atoms with Gasteiger partial charge in [0.15, 0.2) is 0 Å². The molecule has 0 aromatic heterocycles. The van der Waals surface area contributed by atoms with Gasteiger partial charge in [0.05, 0.1) is 5.69 Å². The molecular weight excluding hydrogens is 468 g/mol. The van der Waals surface area contributed by atoms with Crippen LogP contribution in [0.5, 0.6) is 0 Å². The van der Waals surface area contributed by atoms with Crippen LogP contribution in [0.1, 0.15) is 60.5 Å². The number of nitrogen functional groups attached to an aromatic ring is 1. The van der Waals surface area contributed by atoms with E-state index in [-0.39, 0.29) is 30.9 Å². The maximum atomic E-state index is 13.4. The number of nitrogens with two attached hydrogens (primary N) is 3. The first kappa shape index (κ1) is 26.4. The van der Waals surface area contributed by atoms with Gasteiger partial charge in [-0.05, 0) is 61.6 Å². The van der Waals surface area contributed by atoms with Crippen LogP contribution in [0, 0.1) is 0 Å². The van der Waals surface area contributed by atoms with E-state index in [9.17, 15) is 9.59 Å². The molecule has 1 saturated heterocycles. The van der Waals surface area contributed by atoms with Crippen LogP contribution in [0.25, 0.3) is 6.08 Å². The number of carbonyl (C=O) groups is 2. The molecule has 2 aliphatic rings. The third-order valence-electron chi connectivity index (χ3n) is 6.60. The molecule has 1 unspecified atom stereocenters. The maximum Gasteiger partial charge on any atom is 0.273 e. The van der Waals surface area contributed by atoms with Crippen LogP contribution in [-0.2, 0) is 16.2 Å². The number of hydrogen-bond donors (Lipinski definition) is 3. The Labute approximate surface area is 217 Å². The number of rotatable bonds is 7. The molecule has 0 aliphatic carbocycles. The molecule has 2 amide bonds. The van der Waals surface area contributed by atoms with E-state index in [1.807, 2.05) is 30.0 Å². The molecule has 6 N–H and O–H groups in total. The number of amidine groups is 1. The Morgan fingerprint density at radius 3 is 2.65 bits per heavy atom. The minimum Gasteiger partial charge on any atom is -0.399 e. The number of aliphatic imine (C=N–C) groups is 1. The van der Waals surface area contributed by atoms with Gasteiger partial charge in [0.25, 0.3) is 11.8 Å². The number of nitrogens with zero attached hydrogens (tertiary/aromatic N) is 3. The van der Waals surface area contributed by atoms with Crippen molar-refractivity contribution in [3.63, 3.8) is 0 Å². The molecule has 196 valence electrons. The number of carbonyl (C=O) groups excluding carboxylic acids is 2. The largest absolute Gasteiger partial charge is 0.399 e. The van der Waals surface area contributed by atoms with E-state index >= 15 is 0 Å². The fourth-order valence-corrected chi connectivity index (χ4v) is 4.52. The van der Waals surface area contributed by atoms with Crippen LogP contribution in [0.3, 0.4) is 0 Å². The van der Waals surface area contributed by atoms with Gasteiger partial charge in [-0.3, -0.25) is 14.4 Å². The molecule has 1 atom stereocenters. The van der Waals surface area contributed by atoms with Crippen molar-refractivity contribution >= 4 is 35.1 Å². The molecule has 2 aromatic rings. The van der Waals surface area contributed by atoms with Crippen molar-refractivity contribution in [2.45, 2.75) is 51.7 Å². The molecular formula is C28H36N6O3. The van der Waals surface area contributed by atoms with Crippen LogP contribution < -0.4 is 17.2 Å². The molecule has 9 nitrogen and oxygen atoms in total. The van der Waals surface area contributed by atoms with Gasteiger partial charge in [0, 0.05) is 54.5 Å². The highest BCUT2D eigenvalue weighted by molar-refractivity contribution is 6.05. The molecule has 2 heterocycles. The third-order valence-corrected chi connectivity index (χ3v) is 6.60. The molecule has 2 aliphatic heterocycles. The minimum atomic E-state index is -0.260. The van der Waals surface area contributed by atoms with Crippen molar-refractivity contribution in [3.8, 4) is 0 Å². The van der Waals surface area contributed by atoms with Gasteiger partial charge < -0.3 is 22.1 Å². The summed E-state index contributed by atoms with van der Waals surface area (Å²) in [7, 11) is 0. The Hall–Kier alpha value is -3.69. The Bertz CT molecular complexity index is 1190. The third kappa shape index (κ3) is 6.75. The van der Waals surface area contributed by atoms with Gasteiger partial charge >= 0.3 is 0 Å². The Morgan fingerprint density at radius 2 is 1.89 bits per heavy atom. The van der Waals surface area contributed by atoms with Crippen molar-refractivity contribution in [2.24, 2.45) is 16.5 Å². The van der Waals surface area contributed by atoms with E-state index in [2.05, 4.69) is 4.99 Å². The van der Waals surface area contributed by atoms with Crippen LogP contribution in [0.15, 0.2) is 53.0 Å². The summed E-state index contributed by atoms with van der Waals surface area (Å²) in [5.74, 6) is 0.00317. The smallest absolute Gasteiger partial charge is 0.273 e. The van der Waals surface area contributed by atoms with Crippen molar-refractivity contribution < 1.29 is 14.4 Å². The highest BCUT2D eigenvalue weighted by atomic mass is 16.7. The number of amides is 2. The highest BCUT2D eigenvalue weighted by Crippen LogP contribution is 2.29. The number of fused-ring (bicyclic) bond motifs is 1. The fourth-order valence-electron chi connectivity index (χ4n) is 4.52. The Morgan fingerprint density at radius 1 is 1.11 bits per heavy atom. The van der Waals surface area contributed by atoms with Gasteiger partial charge in [-0.1, -0.05) is 25.1 Å². The van der Waals surface area contributed by atoms with E-state index in [4.69, 9.17) is 22.0 Å². The molecule has 0 spiro atoms. The zero-order chi connectivity index (χ0) is 26.4. The predicted molar refractivity (Wildman–Crippen MR) is 146 cm³/mol. The first-order valence-electron chi connectivity index (χ1n) is 12.9. The molecule has 9 heteroatoms. The van der Waals surface area contributed by atoms with Crippen molar-refractivity contribution in [2.75, 3.05) is 25.4 Å². The van der Waals surface area contributed by atoms with Crippen LogP contribution in [0.4, 0.5) is 11.4 Å². The van der Waals surface area contributed by atoms with Gasteiger partial charge in [-0.2, -0.15) is 0 Å². The number of hydrogen-bond acceptors (Lipinski definition) is 7. The highest BCUT2D eigenvalue weighted by Gasteiger charge is 2.24. The summed E-state index contributed by atoms with van der Waals surface area (Å²) in [4.78, 5) is 38.9. The normalized spacial score (nSPS) is 17.7. The number of anilines is 1. The van der Waals surface area contributed by atoms with E-state index in [1.165, 1.54) is 5.06 Å². The summed E-state index contributed by atoms with van der Waals surface area (Å²) >= 11 is 0. The number of hydroxylamine groups is 2. The standard InChI is InChI=1S/C28H36N6O3/c1-2-12-34(37-18-19-5-9-24(30)10-6-19)28(36)22-15-20-7-8-21(16-25(20)32-26(31)17-22)27(35)33-13-3-4-23(29)11-14-33/h5-10,15-16,23H,2-4,11-14,17-18,29-30H2,1H3,(H2,31,32). The van der Waals surface area contributed by atoms with Gasteiger partial charge in [0.1, 0.15) is 12.4 Å². The summed E-state index contributed by atoms with van der Waals surface area (Å²) < 4.78 is 0. The average molecular weight is 505 g/mol. The minimum absolute atomic E-state index is 0.0413. The van der Waals surface area contributed by atoms with Crippen molar-refractivity contribution in [1.29, 1.82) is 0 Å². The van der Waals surface area contributed by atoms with Crippen LogP contribution in [-0.4, -0.2) is 53.3 Å². The van der Waals surface area contributed by atoms with Crippen molar-refractivity contribution in [3.05, 3.63) is 64.7 Å². The predicted octanol–water partition coefficient (Wildman–Crippen LogP) is 3.37. The van der Waals surface area contributed by atoms with Crippen molar-refractivity contribution in [1.82, 2.24) is 9.96 Å².